The highest BCUT2D eigenvalue weighted by molar-refractivity contribution is 5.00. The molecule has 3 unspecified atom stereocenters. The molecule has 0 bridgehead atoms. The third-order valence-electron chi connectivity index (χ3n) is 4.22. The third-order valence-corrected chi connectivity index (χ3v) is 4.22. The molecule has 2 heteroatoms. The Morgan fingerprint density at radius 3 is 2.77 bits per heavy atom. The minimum atomic E-state index is 0.800. The van der Waals surface area contributed by atoms with Gasteiger partial charge in [-0.1, -0.05) is 0 Å². The van der Waals surface area contributed by atoms with Crippen LogP contribution in [0.5, 0.6) is 0 Å². The Morgan fingerprint density at radius 1 is 1.15 bits per heavy atom. The molecule has 0 amide bonds. The van der Waals surface area contributed by atoms with Crippen molar-refractivity contribution in [2.45, 2.75) is 50.7 Å². The van der Waals surface area contributed by atoms with Crippen molar-refractivity contribution in [1.29, 1.82) is 0 Å². The molecular formula is C11H20N2. The van der Waals surface area contributed by atoms with E-state index in [0.717, 1.165) is 24.0 Å². The van der Waals surface area contributed by atoms with Crippen molar-refractivity contribution < 1.29 is 0 Å². The van der Waals surface area contributed by atoms with Crippen LogP contribution in [0.1, 0.15) is 32.6 Å². The minimum Gasteiger partial charge on any atom is -0.312 e. The standard InChI is InChI=1S/C11H20N2/c1-8-11-9(4-6-12-11)5-7-13(8)10-2-3-10/h8-12H,2-7H2,1H3. The first-order valence-electron chi connectivity index (χ1n) is 5.85. The average molecular weight is 180 g/mol. The van der Waals surface area contributed by atoms with Gasteiger partial charge in [-0.15, -0.1) is 0 Å². The van der Waals surface area contributed by atoms with Crippen LogP contribution in [0.2, 0.25) is 0 Å². The molecule has 2 saturated heterocycles. The molecule has 13 heavy (non-hydrogen) atoms. The minimum absolute atomic E-state index is 0.800. The number of fused-ring (bicyclic) bond motifs is 1. The summed E-state index contributed by atoms with van der Waals surface area (Å²) in [6.45, 7) is 5.06. The summed E-state index contributed by atoms with van der Waals surface area (Å²) in [5.41, 5.74) is 0. The first kappa shape index (κ1) is 8.25. The summed E-state index contributed by atoms with van der Waals surface area (Å²) in [5.74, 6) is 0.991. The van der Waals surface area contributed by atoms with Crippen molar-refractivity contribution in [3.8, 4) is 0 Å². The van der Waals surface area contributed by atoms with E-state index in [-0.39, 0.29) is 0 Å². The number of hydrogen-bond acceptors (Lipinski definition) is 2. The third kappa shape index (κ3) is 1.31. The SMILES string of the molecule is CC1C2NCCC2CCN1C1CC1. The molecule has 1 N–H and O–H groups in total. The quantitative estimate of drug-likeness (QED) is 0.653. The van der Waals surface area contributed by atoms with Gasteiger partial charge in [0.25, 0.3) is 0 Å². The Kier molecular flexibility index (Phi) is 1.88. The van der Waals surface area contributed by atoms with Gasteiger partial charge in [-0.05, 0) is 51.6 Å². The van der Waals surface area contributed by atoms with Gasteiger partial charge in [0, 0.05) is 18.1 Å². The summed E-state index contributed by atoms with van der Waals surface area (Å²) < 4.78 is 0. The van der Waals surface area contributed by atoms with Crippen LogP contribution in [0.4, 0.5) is 0 Å². The normalized spacial score (nSPS) is 46.4. The van der Waals surface area contributed by atoms with E-state index in [2.05, 4.69) is 17.1 Å². The van der Waals surface area contributed by atoms with E-state index in [1.54, 1.807) is 0 Å². The molecule has 3 atom stereocenters. The largest absolute Gasteiger partial charge is 0.312 e. The predicted octanol–water partition coefficient (Wildman–Crippen LogP) is 1.22. The van der Waals surface area contributed by atoms with Gasteiger partial charge in [-0.25, -0.2) is 0 Å². The van der Waals surface area contributed by atoms with E-state index >= 15 is 0 Å². The smallest absolute Gasteiger partial charge is 0.0250 e. The summed E-state index contributed by atoms with van der Waals surface area (Å²) in [6.07, 6.45) is 5.79. The molecule has 0 radical (unpaired) electrons. The van der Waals surface area contributed by atoms with Crippen LogP contribution in [0.15, 0.2) is 0 Å². The van der Waals surface area contributed by atoms with Gasteiger partial charge in [-0.2, -0.15) is 0 Å². The Balaban J connectivity index is 1.73. The molecule has 0 spiro atoms. The first-order chi connectivity index (χ1) is 6.36. The van der Waals surface area contributed by atoms with E-state index < -0.39 is 0 Å². The number of likely N-dealkylation sites (tertiary alicyclic amines) is 1. The maximum absolute atomic E-state index is 3.68. The van der Waals surface area contributed by atoms with E-state index in [1.807, 2.05) is 0 Å². The molecule has 2 aliphatic heterocycles. The monoisotopic (exact) mass is 180 g/mol. The highest BCUT2D eigenvalue weighted by Gasteiger charge is 2.42. The summed E-state index contributed by atoms with van der Waals surface area (Å²) in [4.78, 5) is 2.75. The number of hydrogen-bond donors (Lipinski definition) is 1. The van der Waals surface area contributed by atoms with Crippen molar-refractivity contribution in [2.24, 2.45) is 5.92 Å². The van der Waals surface area contributed by atoms with Crippen molar-refractivity contribution in [3.05, 3.63) is 0 Å². The van der Waals surface area contributed by atoms with E-state index in [4.69, 9.17) is 0 Å². The molecule has 0 aromatic rings. The van der Waals surface area contributed by atoms with Gasteiger partial charge in [-0.3, -0.25) is 4.90 Å². The molecule has 1 saturated carbocycles. The highest BCUT2D eigenvalue weighted by atomic mass is 15.2. The lowest BCUT2D eigenvalue weighted by molar-refractivity contribution is 0.0962. The van der Waals surface area contributed by atoms with E-state index in [9.17, 15) is 0 Å². The van der Waals surface area contributed by atoms with Crippen molar-refractivity contribution in [2.75, 3.05) is 13.1 Å². The van der Waals surface area contributed by atoms with E-state index in [1.165, 1.54) is 38.8 Å². The van der Waals surface area contributed by atoms with Gasteiger partial charge in [0.1, 0.15) is 0 Å². The summed E-state index contributed by atoms with van der Waals surface area (Å²) in [5, 5.41) is 3.68. The van der Waals surface area contributed by atoms with Crippen molar-refractivity contribution >= 4 is 0 Å². The van der Waals surface area contributed by atoms with Gasteiger partial charge < -0.3 is 5.32 Å². The molecule has 74 valence electrons. The second-order valence-corrected chi connectivity index (χ2v) is 5.03. The molecule has 2 nitrogen and oxygen atoms in total. The lowest BCUT2D eigenvalue weighted by Crippen LogP contribution is -2.53. The average Bonchev–Trinajstić information content (AvgIpc) is 2.83. The summed E-state index contributed by atoms with van der Waals surface area (Å²) >= 11 is 0. The highest BCUT2D eigenvalue weighted by Crippen LogP contribution is 2.36. The second-order valence-electron chi connectivity index (χ2n) is 5.03. The lowest BCUT2D eigenvalue weighted by Gasteiger charge is -2.41. The van der Waals surface area contributed by atoms with Gasteiger partial charge in [0.15, 0.2) is 0 Å². The van der Waals surface area contributed by atoms with Crippen LogP contribution in [0.25, 0.3) is 0 Å². The predicted molar refractivity (Wildman–Crippen MR) is 53.7 cm³/mol. The van der Waals surface area contributed by atoms with Crippen LogP contribution in [-0.4, -0.2) is 36.1 Å². The number of rotatable bonds is 1. The second kappa shape index (κ2) is 2.96. The molecule has 3 aliphatic rings. The Morgan fingerprint density at radius 2 is 2.00 bits per heavy atom. The molecule has 1 aliphatic carbocycles. The van der Waals surface area contributed by atoms with Crippen LogP contribution < -0.4 is 5.32 Å². The first-order valence-corrected chi connectivity index (χ1v) is 5.85. The zero-order valence-electron chi connectivity index (χ0n) is 8.50. The Labute approximate surface area is 80.7 Å². The Bertz CT molecular complexity index is 198. The Hall–Kier alpha value is -0.0800. The number of piperidine rings is 1. The van der Waals surface area contributed by atoms with Gasteiger partial charge in [0.2, 0.25) is 0 Å². The van der Waals surface area contributed by atoms with Crippen molar-refractivity contribution in [3.63, 3.8) is 0 Å². The van der Waals surface area contributed by atoms with Crippen LogP contribution in [0, 0.1) is 5.92 Å². The van der Waals surface area contributed by atoms with E-state index in [0.29, 0.717) is 0 Å². The zero-order chi connectivity index (χ0) is 8.84. The molecule has 2 heterocycles. The topological polar surface area (TPSA) is 15.3 Å². The zero-order valence-corrected chi connectivity index (χ0v) is 8.50. The summed E-state index contributed by atoms with van der Waals surface area (Å²) in [7, 11) is 0. The van der Waals surface area contributed by atoms with Crippen LogP contribution in [0.3, 0.4) is 0 Å². The maximum atomic E-state index is 3.68. The fourth-order valence-corrected chi connectivity index (χ4v) is 3.32. The van der Waals surface area contributed by atoms with Gasteiger partial charge in [0.05, 0.1) is 0 Å². The molecule has 3 rings (SSSR count). The maximum Gasteiger partial charge on any atom is 0.0250 e. The lowest BCUT2D eigenvalue weighted by atomic mass is 9.87. The molecular weight excluding hydrogens is 160 g/mol. The number of nitrogens with one attached hydrogen (secondary N) is 1. The van der Waals surface area contributed by atoms with Gasteiger partial charge >= 0.3 is 0 Å². The van der Waals surface area contributed by atoms with Crippen LogP contribution in [-0.2, 0) is 0 Å². The summed E-state index contributed by atoms with van der Waals surface area (Å²) in [6, 6.07) is 2.57. The fourth-order valence-electron chi connectivity index (χ4n) is 3.32. The molecule has 3 fully saturated rings. The molecule has 0 aromatic carbocycles. The molecule has 0 aromatic heterocycles. The van der Waals surface area contributed by atoms with Crippen LogP contribution >= 0.6 is 0 Å². The fraction of sp³-hybridized carbons (Fsp3) is 1.00. The van der Waals surface area contributed by atoms with Crippen molar-refractivity contribution in [1.82, 2.24) is 10.2 Å². The number of nitrogens with zero attached hydrogens (tertiary/aromatic N) is 1.